The second-order valence-corrected chi connectivity index (χ2v) is 7.55. The molecular weight excluding hydrogens is 355 g/mol. The minimum Gasteiger partial charge on any atom is -0.469 e. The molecule has 0 aliphatic carbocycles. The Hall–Kier alpha value is -1.89. The molecule has 1 aliphatic heterocycles. The summed E-state index contributed by atoms with van der Waals surface area (Å²) in [4.78, 5) is 11.0. The lowest BCUT2D eigenvalue weighted by Gasteiger charge is -2.32. The van der Waals surface area contributed by atoms with Gasteiger partial charge in [0.25, 0.3) is 0 Å². The number of rotatable bonds is 10. The van der Waals surface area contributed by atoms with E-state index in [1.54, 1.807) is 12.2 Å². The van der Waals surface area contributed by atoms with Gasteiger partial charge in [0, 0.05) is 6.42 Å². The van der Waals surface area contributed by atoms with Crippen molar-refractivity contribution in [3.63, 3.8) is 0 Å². The Balaban J connectivity index is 2.23. The van der Waals surface area contributed by atoms with Crippen LogP contribution < -0.4 is 0 Å². The first-order valence-electron chi connectivity index (χ1n) is 9.62. The molecule has 0 aromatic heterocycles. The number of esters is 1. The topological polar surface area (TPSA) is 65.0 Å². The molecule has 1 aliphatic rings. The van der Waals surface area contributed by atoms with Gasteiger partial charge in [0.05, 0.1) is 24.4 Å². The maximum atomic E-state index is 11.0. The summed E-state index contributed by atoms with van der Waals surface area (Å²) in [6.07, 6.45) is 17.6. The maximum Gasteiger partial charge on any atom is 0.487 e. The number of carbonyl (C=O) groups excluding carboxylic acids is 1. The van der Waals surface area contributed by atoms with Crippen LogP contribution in [0.5, 0.6) is 0 Å². The van der Waals surface area contributed by atoms with Crippen LogP contribution in [0.4, 0.5) is 0 Å². The fourth-order valence-electron chi connectivity index (χ4n) is 2.31. The highest BCUT2D eigenvalue weighted by molar-refractivity contribution is 6.51. The summed E-state index contributed by atoms with van der Waals surface area (Å²) in [5.74, 6) is 1.64. The largest absolute Gasteiger partial charge is 0.487 e. The predicted molar refractivity (Wildman–Crippen MR) is 114 cm³/mol. The molecule has 0 aromatic rings. The average molecular weight is 388 g/mol. The number of hydrogen-bond donors (Lipinski definition) is 1. The molecule has 5 nitrogen and oxygen atoms in total. The van der Waals surface area contributed by atoms with E-state index in [1.165, 1.54) is 7.11 Å². The van der Waals surface area contributed by atoms with E-state index in [1.807, 2.05) is 76.2 Å². The number of carbonyl (C=O) groups is 1. The third-order valence-corrected chi connectivity index (χ3v) is 4.71. The van der Waals surface area contributed by atoms with E-state index < -0.39 is 6.10 Å². The van der Waals surface area contributed by atoms with Gasteiger partial charge in [0.15, 0.2) is 0 Å². The van der Waals surface area contributed by atoms with Gasteiger partial charge in [-0.05, 0) is 40.5 Å². The van der Waals surface area contributed by atoms with Crippen LogP contribution in [-0.4, -0.2) is 42.6 Å². The highest BCUT2D eigenvalue weighted by atomic mass is 16.7. The molecule has 1 rings (SSSR count). The van der Waals surface area contributed by atoms with Crippen LogP contribution >= 0.6 is 0 Å². The molecule has 0 bridgehead atoms. The molecule has 0 amide bonds. The Kier molecular flexibility index (Phi) is 10.2. The third-order valence-electron chi connectivity index (χ3n) is 4.71. The van der Waals surface area contributed by atoms with Crippen LogP contribution in [0.15, 0.2) is 60.7 Å². The average Bonchev–Trinajstić information content (AvgIpc) is 2.83. The second-order valence-electron chi connectivity index (χ2n) is 7.55. The Bertz CT molecular complexity index is 613. The standard InChI is InChI=1S/C22H33BO5/c1-21(2)22(3,4)28-23(27-21)18-14-10-8-6-7-9-11-15-19(24)16-12-13-17-20(25)26-5/h6-12,14,16,18-19,24H,13,15,17H2,1-5H3/b7-6+,10-8+,11-9+,16-12+,18-14+/t19-/m0/s1. The zero-order valence-corrected chi connectivity index (χ0v) is 17.6. The Morgan fingerprint density at radius 2 is 1.57 bits per heavy atom. The van der Waals surface area contributed by atoms with Crippen LogP contribution in [0.1, 0.15) is 47.0 Å². The lowest BCUT2D eigenvalue weighted by molar-refractivity contribution is -0.140. The van der Waals surface area contributed by atoms with Crippen LogP contribution in [0, 0.1) is 0 Å². The summed E-state index contributed by atoms with van der Waals surface area (Å²) in [7, 11) is 1.03. The van der Waals surface area contributed by atoms with Crippen molar-refractivity contribution in [1.82, 2.24) is 0 Å². The summed E-state index contributed by atoms with van der Waals surface area (Å²) in [6.45, 7) is 8.11. The smallest absolute Gasteiger partial charge is 0.469 e. The Labute approximate surface area is 169 Å². The van der Waals surface area contributed by atoms with Gasteiger partial charge < -0.3 is 19.2 Å². The fourth-order valence-corrected chi connectivity index (χ4v) is 2.31. The number of methoxy groups -OCH3 is 1. The zero-order chi connectivity index (χ0) is 21.0. The van der Waals surface area contributed by atoms with Gasteiger partial charge in [0.2, 0.25) is 0 Å². The SMILES string of the molecule is COC(=O)CC/C=C/[C@@H](O)C/C=C/C=C/C=C/C=C/B1OC(C)(C)C(C)(C)O1. The van der Waals surface area contributed by atoms with E-state index in [4.69, 9.17) is 9.31 Å². The summed E-state index contributed by atoms with van der Waals surface area (Å²) in [5, 5.41) is 9.80. The minimum atomic E-state index is -0.555. The van der Waals surface area contributed by atoms with Crippen LogP contribution in [-0.2, 0) is 18.8 Å². The van der Waals surface area contributed by atoms with Crippen molar-refractivity contribution in [2.24, 2.45) is 0 Å². The third kappa shape index (κ3) is 8.87. The van der Waals surface area contributed by atoms with E-state index in [2.05, 4.69) is 4.74 Å². The highest BCUT2D eigenvalue weighted by Crippen LogP contribution is 2.36. The van der Waals surface area contributed by atoms with Crippen LogP contribution in [0.3, 0.4) is 0 Å². The molecule has 1 fully saturated rings. The van der Waals surface area contributed by atoms with Gasteiger partial charge in [-0.2, -0.15) is 0 Å². The number of aliphatic hydroxyl groups excluding tert-OH is 1. The van der Waals surface area contributed by atoms with Gasteiger partial charge in [0.1, 0.15) is 0 Å². The number of allylic oxidation sites excluding steroid dienone is 7. The van der Waals surface area contributed by atoms with E-state index in [9.17, 15) is 9.90 Å². The molecular formula is C22H33BO5. The molecule has 0 saturated carbocycles. The van der Waals surface area contributed by atoms with Crippen molar-refractivity contribution < 1.29 is 23.9 Å². The van der Waals surface area contributed by atoms with Gasteiger partial charge in [-0.1, -0.05) is 60.7 Å². The monoisotopic (exact) mass is 388 g/mol. The van der Waals surface area contributed by atoms with Crippen molar-refractivity contribution in [2.45, 2.75) is 64.3 Å². The lowest BCUT2D eigenvalue weighted by Crippen LogP contribution is -2.41. The van der Waals surface area contributed by atoms with Crippen molar-refractivity contribution in [1.29, 1.82) is 0 Å². The normalized spacial score (nSPS) is 20.4. The van der Waals surface area contributed by atoms with Crippen molar-refractivity contribution in [2.75, 3.05) is 7.11 Å². The summed E-state index contributed by atoms with van der Waals surface area (Å²) in [5.41, 5.74) is -0.644. The summed E-state index contributed by atoms with van der Waals surface area (Å²) in [6, 6.07) is 0. The molecule has 1 heterocycles. The first kappa shape index (κ1) is 24.2. The van der Waals surface area contributed by atoms with Gasteiger partial charge in [-0.25, -0.2) is 0 Å². The van der Waals surface area contributed by atoms with E-state index in [0.717, 1.165) is 0 Å². The van der Waals surface area contributed by atoms with Crippen molar-refractivity contribution in [3.8, 4) is 0 Å². The number of aliphatic hydroxyl groups is 1. The molecule has 154 valence electrons. The summed E-state index contributed by atoms with van der Waals surface area (Å²) < 4.78 is 16.3. The number of hydrogen-bond acceptors (Lipinski definition) is 5. The van der Waals surface area contributed by atoms with Crippen LogP contribution in [0.2, 0.25) is 0 Å². The van der Waals surface area contributed by atoms with Gasteiger partial charge in [-0.3, -0.25) is 4.79 Å². The van der Waals surface area contributed by atoms with Crippen molar-refractivity contribution >= 4 is 13.1 Å². The van der Waals surface area contributed by atoms with Crippen molar-refractivity contribution in [3.05, 3.63) is 60.7 Å². The number of ether oxygens (including phenoxy) is 1. The van der Waals surface area contributed by atoms with Crippen LogP contribution in [0.25, 0.3) is 0 Å². The highest BCUT2D eigenvalue weighted by Gasteiger charge is 2.49. The maximum absolute atomic E-state index is 11.0. The van der Waals surface area contributed by atoms with E-state index in [0.29, 0.717) is 19.3 Å². The molecule has 6 heteroatoms. The minimum absolute atomic E-state index is 0.247. The lowest BCUT2D eigenvalue weighted by atomic mass is 9.90. The molecule has 1 atom stereocenters. The molecule has 0 spiro atoms. The Morgan fingerprint density at radius 1 is 1.00 bits per heavy atom. The molecule has 1 N–H and O–H groups in total. The molecule has 0 unspecified atom stereocenters. The van der Waals surface area contributed by atoms with Gasteiger partial charge in [-0.15, -0.1) is 0 Å². The van der Waals surface area contributed by atoms with E-state index >= 15 is 0 Å². The Morgan fingerprint density at radius 3 is 2.18 bits per heavy atom. The molecule has 0 radical (unpaired) electrons. The first-order valence-corrected chi connectivity index (χ1v) is 9.62. The van der Waals surface area contributed by atoms with E-state index in [-0.39, 0.29) is 24.3 Å². The molecule has 0 aromatic carbocycles. The summed E-state index contributed by atoms with van der Waals surface area (Å²) >= 11 is 0. The quantitative estimate of drug-likeness (QED) is 0.264. The molecule has 1 saturated heterocycles. The van der Waals surface area contributed by atoms with Gasteiger partial charge >= 0.3 is 13.1 Å². The first-order chi connectivity index (χ1) is 13.2. The molecule has 28 heavy (non-hydrogen) atoms. The predicted octanol–water partition coefficient (Wildman–Crippen LogP) is 4.10. The fraction of sp³-hybridized carbons (Fsp3) is 0.500. The second kappa shape index (κ2) is 11.8. The zero-order valence-electron chi connectivity index (χ0n) is 17.6.